The highest BCUT2D eigenvalue weighted by molar-refractivity contribution is 5.97. The van der Waals surface area contributed by atoms with E-state index in [2.05, 4.69) is 20.6 Å². The topological polar surface area (TPSA) is 102 Å². The monoisotopic (exact) mass is 262 g/mol. The third kappa shape index (κ3) is 2.44. The molecule has 0 saturated heterocycles. The molecule has 7 heteroatoms. The number of nitrogens with two attached hydrogens (primary N) is 1. The lowest BCUT2D eigenvalue weighted by Crippen LogP contribution is -2.26. The minimum atomic E-state index is -0.222. The van der Waals surface area contributed by atoms with Crippen molar-refractivity contribution in [3.05, 3.63) is 28.8 Å². The maximum atomic E-state index is 12.2. The number of anilines is 1. The van der Waals surface area contributed by atoms with E-state index in [0.717, 1.165) is 11.3 Å². The Morgan fingerprint density at radius 3 is 2.84 bits per heavy atom. The van der Waals surface area contributed by atoms with Gasteiger partial charge in [-0.15, -0.1) is 0 Å². The number of amides is 1. The van der Waals surface area contributed by atoms with Crippen molar-refractivity contribution in [2.45, 2.75) is 33.9 Å². The van der Waals surface area contributed by atoms with Crippen LogP contribution in [0.25, 0.3) is 0 Å². The molecule has 2 heterocycles. The summed E-state index contributed by atoms with van der Waals surface area (Å²) in [4.78, 5) is 12.2. The van der Waals surface area contributed by atoms with E-state index in [0.29, 0.717) is 30.2 Å². The van der Waals surface area contributed by atoms with Gasteiger partial charge in [-0.05, 0) is 20.8 Å². The van der Waals surface area contributed by atoms with Crippen molar-refractivity contribution >= 4 is 11.6 Å². The van der Waals surface area contributed by atoms with Crippen LogP contribution in [0.5, 0.6) is 0 Å². The molecule has 0 saturated carbocycles. The SMILES string of the molecule is CCn1nc(C)c(N)c1C(=O)NCc1cn[nH]c1C. The number of aryl methyl sites for hydroxylation is 3. The molecule has 0 spiro atoms. The second-order valence-electron chi connectivity index (χ2n) is 4.37. The number of carbonyl (C=O) groups is 1. The first-order chi connectivity index (χ1) is 9.04. The van der Waals surface area contributed by atoms with Gasteiger partial charge in [0.05, 0.1) is 17.6 Å². The van der Waals surface area contributed by atoms with E-state index in [4.69, 9.17) is 5.73 Å². The lowest BCUT2D eigenvalue weighted by molar-refractivity contribution is 0.0941. The molecule has 1 amide bonds. The molecule has 2 rings (SSSR count). The van der Waals surface area contributed by atoms with E-state index < -0.39 is 0 Å². The summed E-state index contributed by atoms with van der Waals surface area (Å²) in [5.74, 6) is -0.222. The van der Waals surface area contributed by atoms with Gasteiger partial charge in [0.2, 0.25) is 0 Å². The van der Waals surface area contributed by atoms with E-state index >= 15 is 0 Å². The second-order valence-corrected chi connectivity index (χ2v) is 4.37. The largest absolute Gasteiger partial charge is 0.395 e. The summed E-state index contributed by atoms with van der Waals surface area (Å²) in [6, 6.07) is 0. The summed E-state index contributed by atoms with van der Waals surface area (Å²) < 4.78 is 1.61. The highest BCUT2D eigenvalue weighted by Gasteiger charge is 2.18. The molecule has 0 aliphatic carbocycles. The Bertz CT molecular complexity index is 597. The van der Waals surface area contributed by atoms with Crippen LogP contribution in [0.3, 0.4) is 0 Å². The van der Waals surface area contributed by atoms with Crippen LogP contribution < -0.4 is 11.1 Å². The molecule has 0 aromatic carbocycles. The lowest BCUT2D eigenvalue weighted by atomic mass is 10.2. The van der Waals surface area contributed by atoms with E-state index in [1.165, 1.54) is 0 Å². The fraction of sp³-hybridized carbons (Fsp3) is 0.417. The van der Waals surface area contributed by atoms with E-state index in [9.17, 15) is 4.79 Å². The Morgan fingerprint density at radius 1 is 1.53 bits per heavy atom. The molecule has 0 bridgehead atoms. The van der Waals surface area contributed by atoms with Gasteiger partial charge < -0.3 is 11.1 Å². The number of aromatic nitrogens is 4. The molecule has 0 fully saturated rings. The number of carbonyl (C=O) groups excluding carboxylic acids is 1. The highest BCUT2D eigenvalue weighted by atomic mass is 16.2. The number of hydrogen-bond acceptors (Lipinski definition) is 4. The van der Waals surface area contributed by atoms with Crippen molar-refractivity contribution in [2.75, 3.05) is 5.73 Å². The zero-order chi connectivity index (χ0) is 14.0. The van der Waals surface area contributed by atoms with Gasteiger partial charge in [0, 0.05) is 24.3 Å². The third-order valence-corrected chi connectivity index (χ3v) is 3.06. The summed E-state index contributed by atoms with van der Waals surface area (Å²) in [7, 11) is 0. The molecule has 0 aliphatic heterocycles. The number of aromatic amines is 1. The van der Waals surface area contributed by atoms with Gasteiger partial charge in [0.1, 0.15) is 5.69 Å². The summed E-state index contributed by atoms with van der Waals surface area (Å²) in [5.41, 5.74) is 9.31. The minimum absolute atomic E-state index is 0.222. The number of nitrogens with zero attached hydrogens (tertiary/aromatic N) is 3. The summed E-state index contributed by atoms with van der Waals surface area (Å²) in [5, 5.41) is 13.8. The van der Waals surface area contributed by atoms with Crippen LogP contribution in [-0.4, -0.2) is 25.9 Å². The molecule has 19 heavy (non-hydrogen) atoms. The first-order valence-electron chi connectivity index (χ1n) is 6.14. The first kappa shape index (κ1) is 13.1. The molecule has 0 radical (unpaired) electrons. The minimum Gasteiger partial charge on any atom is -0.395 e. The smallest absolute Gasteiger partial charge is 0.271 e. The Kier molecular flexibility index (Phi) is 3.55. The molecule has 4 N–H and O–H groups in total. The summed E-state index contributed by atoms with van der Waals surface area (Å²) in [6.45, 7) is 6.63. The van der Waals surface area contributed by atoms with E-state index in [1.54, 1.807) is 17.8 Å². The summed E-state index contributed by atoms with van der Waals surface area (Å²) >= 11 is 0. The predicted molar refractivity (Wildman–Crippen MR) is 71.5 cm³/mol. The fourth-order valence-corrected chi connectivity index (χ4v) is 1.88. The van der Waals surface area contributed by atoms with Crippen molar-refractivity contribution in [1.82, 2.24) is 25.3 Å². The Balaban J connectivity index is 2.14. The van der Waals surface area contributed by atoms with Crippen LogP contribution in [0.15, 0.2) is 6.20 Å². The predicted octanol–water partition coefficient (Wildman–Crippen LogP) is 0.755. The average molecular weight is 262 g/mol. The zero-order valence-electron chi connectivity index (χ0n) is 11.3. The molecule has 0 unspecified atom stereocenters. The van der Waals surface area contributed by atoms with Crippen LogP contribution in [0, 0.1) is 13.8 Å². The van der Waals surface area contributed by atoms with Crippen molar-refractivity contribution in [3.63, 3.8) is 0 Å². The van der Waals surface area contributed by atoms with E-state index in [-0.39, 0.29) is 5.91 Å². The first-order valence-corrected chi connectivity index (χ1v) is 6.14. The molecular formula is C12H18N6O. The molecule has 2 aromatic heterocycles. The molecule has 7 nitrogen and oxygen atoms in total. The third-order valence-electron chi connectivity index (χ3n) is 3.06. The van der Waals surface area contributed by atoms with Crippen molar-refractivity contribution in [1.29, 1.82) is 0 Å². The second kappa shape index (κ2) is 5.13. The maximum absolute atomic E-state index is 12.2. The zero-order valence-corrected chi connectivity index (χ0v) is 11.3. The van der Waals surface area contributed by atoms with E-state index in [1.807, 2.05) is 13.8 Å². The fourth-order valence-electron chi connectivity index (χ4n) is 1.88. The molecular weight excluding hydrogens is 244 g/mol. The van der Waals surface area contributed by atoms with Gasteiger partial charge in [-0.1, -0.05) is 0 Å². The Hall–Kier alpha value is -2.31. The Morgan fingerprint density at radius 2 is 2.26 bits per heavy atom. The number of rotatable bonds is 4. The van der Waals surface area contributed by atoms with Gasteiger partial charge in [-0.25, -0.2) is 0 Å². The molecule has 102 valence electrons. The van der Waals surface area contributed by atoms with Crippen LogP contribution >= 0.6 is 0 Å². The average Bonchev–Trinajstić information content (AvgIpc) is 2.91. The highest BCUT2D eigenvalue weighted by Crippen LogP contribution is 2.16. The number of nitrogen functional groups attached to an aromatic ring is 1. The van der Waals surface area contributed by atoms with Gasteiger partial charge >= 0.3 is 0 Å². The molecule has 0 atom stereocenters. The number of hydrogen-bond donors (Lipinski definition) is 3. The summed E-state index contributed by atoms with van der Waals surface area (Å²) in [6.07, 6.45) is 1.70. The van der Waals surface area contributed by atoms with Crippen molar-refractivity contribution in [2.24, 2.45) is 0 Å². The van der Waals surface area contributed by atoms with Gasteiger partial charge in [0.25, 0.3) is 5.91 Å². The van der Waals surface area contributed by atoms with Gasteiger partial charge in [-0.3, -0.25) is 14.6 Å². The van der Waals surface area contributed by atoms with Crippen LogP contribution in [-0.2, 0) is 13.1 Å². The van der Waals surface area contributed by atoms with Crippen LogP contribution in [0.4, 0.5) is 5.69 Å². The quantitative estimate of drug-likeness (QED) is 0.756. The van der Waals surface area contributed by atoms with Gasteiger partial charge in [-0.2, -0.15) is 10.2 Å². The van der Waals surface area contributed by atoms with Crippen LogP contribution in [0.1, 0.15) is 34.4 Å². The number of H-pyrrole nitrogens is 1. The van der Waals surface area contributed by atoms with Crippen molar-refractivity contribution in [3.8, 4) is 0 Å². The van der Waals surface area contributed by atoms with Gasteiger partial charge in [0.15, 0.2) is 0 Å². The van der Waals surface area contributed by atoms with Crippen LogP contribution in [0.2, 0.25) is 0 Å². The normalized spacial score (nSPS) is 10.7. The lowest BCUT2D eigenvalue weighted by Gasteiger charge is -2.07. The molecule has 0 aliphatic rings. The Labute approximate surface area is 111 Å². The van der Waals surface area contributed by atoms with Crippen molar-refractivity contribution < 1.29 is 4.79 Å². The molecule has 2 aromatic rings. The number of nitrogens with one attached hydrogen (secondary N) is 2. The standard InChI is InChI=1S/C12H18N6O/c1-4-18-11(10(13)8(3)17-18)12(19)14-5-9-6-15-16-7(9)2/h6H,4-5,13H2,1-3H3,(H,14,19)(H,15,16). The maximum Gasteiger partial charge on any atom is 0.271 e.